The molecule has 0 aliphatic heterocycles. The van der Waals surface area contributed by atoms with Gasteiger partial charge in [0.1, 0.15) is 0 Å². The van der Waals surface area contributed by atoms with Crippen LogP contribution in [-0.2, 0) is 27.4 Å². The van der Waals surface area contributed by atoms with Gasteiger partial charge >= 0.3 is 11.7 Å². The number of rotatable bonds is 8. The molecule has 3 aromatic rings. The number of imidazole rings is 1. The van der Waals surface area contributed by atoms with E-state index in [0.29, 0.717) is 17.8 Å². The van der Waals surface area contributed by atoms with E-state index in [4.69, 9.17) is 10.00 Å². The maximum absolute atomic E-state index is 12.8. The van der Waals surface area contributed by atoms with Gasteiger partial charge in [-0.1, -0.05) is 19.1 Å². The monoisotopic (exact) mass is 420 g/mol. The van der Waals surface area contributed by atoms with Gasteiger partial charge in [0, 0.05) is 18.8 Å². The van der Waals surface area contributed by atoms with E-state index in [1.807, 2.05) is 37.3 Å². The van der Waals surface area contributed by atoms with E-state index >= 15 is 0 Å². The highest BCUT2D eigenvalue weighted by atomic mass is 16.5. The zero-order chi connectivity index (χ0) is 22.4. The van der Waals surface area contributed by atoms with Crippen molar-refractivity contribution < 1.29 is 14.3 Å². The summed E-state index contributed by atoms with van der Waals surface area (Å²) in [5, 5.41) is 11.5. The third-order valence-corrected chi connectivity index (χ3v) is 4.87. The zero-order valence-electron chi connectivity index (χ0n) is 17.5. The van der Waals surface area contributed by atoms with E-state index in [0.717, 1.165) is 17.5 Å². The van der Waals surface area contributed by atoms with Gasteiger partial charge in [0.05, 0.1) is 29.1 Å². The van der Waals surface area contributed by atoms with E-state index < -0.39 is 18.0 Å². The average Bonchev–Trinajstić information content (AvgIpc) is 3.04. The van der Waals surface area contributed by atoms with Crippen LogP contribution >= 0.6 is 0 Å². The lowest BCUT2D eigenvalue weighted by Crippen LogP contribution is -2.31. The SMILES string of the molecule is CCCn1c(=O)n(CCC(=O)O[C@@H](C)C(=O)Nc2ccc(C#N)cc2)c2ccccc21. The Morgan fingerprint density at radius 3 is 2.26 bits per heavy atom. The molecular formula is C23H24N4O4. The van der Waals surface area contributed by atoms with Gasteiger partial charge < -0.3 is 10.1 Å². The number of anilines is 1. The molecule has 1 N–H and O–H groups in total. The summed E-state index contributed by atoms with van der Waals surface area (Å²) >= 11 is 0. The van der Waals surface area contributed by atoms with Crippen LogP contribution in [0, 0.1) is 11.3 Å². The molecule has 1 aromatic heterocycles. The molecule has 1 atom stereocenters. The van der Waals surface area contributed by atoms with Crippen molar-refractivity contribution in [3.05, 3.63) is 64.6 Å². The first-order valence-electron chi connectivity index (χ1n) is 10.1. The predicted octanol–water partition coefficient (Wildman–Crippen LogP) is 3.05. The first kappa shape index (κ1) is 21.8. The summed E-state index contributed by atoms with van der Waals surface area (Å²) in [5.74, 6) is -1.04. The first-order chi connectivity index (χ1) is 14.9. The average molecular weight is 420 g/mol. The summed E-state index contributed by atoms with van der Waals surface area (Å²) in [5.41, 5.74) is 2.41. The number of nitrogens with zero attached hydrogens (tertiary/aromatic N) is 3. The van der Waals surface area contributed by atoms with E-state index in [1.165, 1.54) is 6.92 Å². The number of para-hydroxylation sites is 2. The first-order valence-corrected chi connectivity index (χ1v) is 10.1. The number of fused-ring (bicyclic) bond motifs is 1. The number of hydrogen-bond acceptors (Lipinski definition) is 5. The van der Waals surface area contributed by atoms with Crippen LogP contribution in [0.1, 0.15) is 32.3 Å². The Kier molecular flexibility index (Phi) is 6.88. The van der Waals surface area contributed by atoms with Gasteiger partial charge in [0.15, 0.2) is 6.10 Å². The second kappa shape index (κ2) is 9.76. The van der Waals surface area contributed by atoms with E-state index in [1.54, 1.807) is 33.4 Å². The molecule has 1 heterocycles. The number of hydrogen-bond donors (Lipinski definition) is 1. The topological polar surface area (TPSA) is 106 Å². The molecule has 0 unspecified atom stereocenters. The number of benzene rings is 2. The maximum Gasteiger partial charge on any atom is 0.329 e. The minimum Gasteiger partial charge on any atom is -0.452 e. The molecule has 3 rings (SSSR count). The molecule has 0 saturated heterocycles. The Balaban J connectivity index is 1.61. The molecule has 160 valence electrons. The summed E-state index contributed by atoms with van der Waals surface area (Å²) < 4.78 is 8.50. The summed E-state index contributed by atoms with van der Waals surface area (Å²) in [7, 11) is 0. The minimum atomic E-state index is -0.999. The Morgan fingerprint density at radius 1 is 1.06 bits per heavy atom. The fourth-order valence-electron chi connectivity index (χ4n) is 3.31. The van der Waals surface area contributed by atoms with Crippen molar-refractivity contribution >= 4 is 28.6 Å². The van der Waals surface area contributed by atoms with Crippen LogP contribution in [0.3, 0.4) is 0 Å². The highest BCUT2D eigenvalue weighted by Gasteiger charge is 2.19. The lowest BCUT2D eigenvalue weighted by molar-refractivity contribution is -0.153. The summed E-state index contributed by atoms with van der Waals surface area (Å²) in [6.07, 6.45) is -0.211. The number of nitriles is 1. The molecule has 0 fully saturated rings. The number of ether oxygens (including phenoxy) is 1. The highest BCUT2D eigenvalue weighted by molar-refractivity contribution is 5.95. The second-order valence-electron chi connectivity index (χ2n) is 7.14. The quantitative estimate of drug-likeness (QED) is 0.564. The molecule has 2 aromatic carbocycles. The number of carbonyl (C=O) groups is 2. The van der Waals surface area contributed by atoms with Crippen molar-refractivity contribution in [2.75, 3.05) is 5.32 Å². The Bertz CT molecular complexity index is 1180. The lowest BCUT2D eigenvalue weighted by atomic mass is 10.2. The smallest absolute Gasteiger partial charge is 0.329 e. The Morgan fingerprint density at radius 2 is 1.68 bits per heavy atom. The number of carbonyl (C=O) groups excluding carboxylic acids is 2. The molecule has 0 bridgehead atoms. The van der Waals surface area contributed by atoms with Gasteiger partial charge in [0.25, 0.3) is 5.91 Å². The van der Waals surface area contributed by atoms with Crippen molar-refractivity contribution in [1.29, 1.82) is 5.26 Å². The molecule has 31 heavy (non-hydrogen) atoms. The minimum absolute atomic E-state index is 0.0332. The molecule has 0 aliphatic carbocycles. The molecule has 0 saturated carbocycles. The molecular weight excluding hydrogens is 396 g/mol. The number of aromatic nitrogens is 2. The van der Waals surface area contributed by atoms with Crippen molar-refractivity contribution in [2.24, 2.45) is 0 Å². The van der Waals surface area contributed by atoms with Gasteiger partial charge in [0.2, 0.25) is 0 Å². The van der Waals surface area contributed by atoms with Crippen LogP contribution < -0.4 is 11.0 Å². The standard InChI is InChI=1S/C23H24N4O4/c1-3-13-26-19-6-4-5-7-20(19)27(23(26)30)14-12-21(28)31-16(2)22(29)25-18-10-8-17(15-24)9-11-18/h4-11,16H,3,12-14H2,1-2H3,(H,25,29)/t16-/m0/s1. The molecule has 1 amide bonds. The third-order valence-electron chi connectivity index (χ3n) is 4.87. The summed E-state index contributed by atoms with van der Waals surface area (Å²) in [4.78, 5) is 37.3. The van der Waals surface area contributed by atoms with Crippen molar-refractivity contribution in [3.8, 4) is 6.07 Å². The van der Waals surface area contributed by atoms with Crippen LogP contribution in [0.5, 0.6) is 0 Å². The van der Waals surface area contributed by atoms with Crippen molar-refractivity contribution in [1.82, 2.24) is 9.13 Å². The maximum atomic E-state index is 12.8. The Labute approximate surface area is 179 Å². The van der Waals surface area contributed by atoms with E-state index in [-0.39, 0.29) is 18.7 Å². The van der Waals surface area contributed by atoms with Crippen LogP contribution in [0.25, 0.3) is 11.0 Å². The molecule has 0 spiro atoms. The van der Waals surface area contributed by atoms with Gasteiger partial charge in [-0.25, -0.2) is 4.79 Å². The van der Waals surface area contributed by atoms with Gasteiger partial charge in [-0.05, 0) is 49.7 Å². The zero-order valence-corrected chi connectivity index (χ0v) is 17.5. The highest BCUT2D eigenvalue weighted by Crippen LogP contribution is 2.14. The van der Waals surface area contributed by atoms with Gasteiger partial charge in [-0.15, -0.1) is 0 Å². The van der Waals surface area contributed by atoms with Crippen molar-refractivity contribution in [3.63, 3.8) is 0 Å². The molecule has 8 heteroatoms. The van der Waals surface area contributed by atoms with Crippen LogP contribution in [0.15, 0.2) is 53.3 Å². The third kappa shape index (κ3) is 5.01. The van der Waals surface area contributed by atoms with Crippen LogP contribution in [-0.4, -0.2) is 27.1 Å². The second-order valence-corrected chi connectivity index (χ2v) is 7.14. The fraction of sp³-hybridized carbons (Fsp3) is 0.304. The summed E-state index contributed by atoms with van der Waals surface area (Å²) in [6, 6.07) is 15.8. The van der Waals surface area contributed by atoms with Crippen molar-refractivity contribution in [2.45, 2.75) is 45.9 Å². The van der Waals surface area contributed by atoms with Crippen LogP contribution in [0.4, 0.5) is 5.69 Å². The number of aryl methyl sites for hydroxylation is 2. The normalized spacial score (nSPS) is 11.6. The molecule has 0 radical (unpaired) electrons. The van der Waals surface area contributed by atoms with Gasteiger partial charge in [-0.3, -0.25) is 18.7 Å². The lowest BCUT2D eigenvalue weighted by Gasteiger charge is -2.13. The summed E-state index contributed by atoms with van der Waals surface area (Å²) in [6.45, 7) is 4.25. The fourth-order valence-corrected chi connectivity index (χ4v) is 3.31. The van der Waals surface area contributed by atoms with Crippen LogP contribution in [0.2, 0.25) is 0 Å². The Hall–Kier alpha value is -3.86. The van der Waals surface area contributed by atoms with E-state index in [2.05, 4.69) is 5.32 Å². The molecule has 0 aliphatic rings. The van der Waals surface area contributed by atoms with E-state index in [9.17, 15) is 14.4 Å². The molecule has 8 nitrogen and oxygen atoms in total. The number of amides is 1. The number of esters is 1. The largest absolute Gasteiger partial charge is 0.452 e. The van der Waals surface area contributed by atoms with Gasteiger partial charge in [-0.2, -0.15) is 5.26 Å². The predicted molar refractivity (Wildman–Crippen MR) is 116 cm³/mol. The number of nitrogens with one attached hydrogen (secondary N) is 1.